The number of benzene rings is 3. The van der Waals surface area contributed by atoms with Crippen LogP contribution >= 0.6 is 0 Å². The van der Waals surface area contributed by atoms with Gasteiger partial charge < -0.3 is 15.4 Å². The highest BCUT2D eigenvalue weighted by molar-refractivity contribution is 6.06. The van der Waals surface area contributed by atoms with Gasteiger partial charge in [-0.3, -0.25) is 4.79 Å². The van der Waals surface area contributed by atoms with Crippen LogP contribution in [0.25, 0.3) is 22.5 Å². The van der Waals surface area contributed by atoms with Crippen molar-refractivity contribution < 1.29 is 14.3 Å². The van der Waals surface area contributed by atoms with E-state index in [1.54, 1.807) is 24.5 Å². The number of phenolic OH excluding ortho intramolecular Hbond substituents is 1. The lowest BCUT2D eigenvalue weighted by Crippen LogP contribution is -2.13. The van der Waals surface area contributed by atoms with Gasteiger partial charge in [0.25, 0.3) is 5.91 Å². The predicted octanol–water partition coefficient (Wildman–Crippen LogP) is 6.82. The lowest BCUT2D eigenvalue weighted by atomic mass is 9.94. The number of aromatic hydroxyl groups is 1. The number of halogens is 1. The summed E-state index contributed by atoms with van der Waals surface area (Å²) in [6.07, 6.45) is 5.48. The largest absolute Gasteiger partial charge is 0.507 e. The van der Waals surface area contributed by atoms with E-state index in [-0.39, 0.29) is 5.56 Å². The summed E-state index contributed by atoms with van der Waals surface area (Å²) >= 11 is 0. The standard InChI is InChI=1S/C25H22FN3O2.C2H6/c1-2-4-16-7-8-18(24-27-13-14-28-24)15-20(16)17-9-11-19(12-10-17)29-25(31)23-21(26)5-3-6-22(23)30;1-2/h3,5-15,30H,2,4H2,1H3,(H,27,28)(H,29,31);1-2H3. The van der Waals surface area contributed by atoms with Crippen LogP contribution in [-0.2, 0) is 6.42 Å². The van der Waals surface area contributed by atoms with Gasteiger partial charge in [-0.25, -0.2) is 9.37 Å². The first-order chi connectivity index (χ1) is 16.1. The summed E-state index contributed by atoms with van der Waals surface area (Å²) in [7, 11) is 0. The molecule has 6 heteroatoms. The van der Waals surface area contributed by atoms with Gasteiger partial charge in [0.2, 0.25) is 0 Å². The predicted molar refractivity (Wildman–Crippen MR) is 131 cm³/mol. The van der Waals surface area contributed by atoms with Crippen molar-refractivity contribution in [2.24, 2.45) is 0 Å². The molecule has 0 spiro atoms. The highest BCUT2D eigenvalue weighted by atomic mass is 19.1. The van der Waals surface area contributed by atoms with E-state index in [2.05, 4.69) is 40.4 Å². The Labute approximate surface area is 193 Å². The third kappa shape index (κ3) is 5.47. The van der Waals surface area contributed by atoms with Crippen molar-refractivity contribution in [3.05, 3.63) is 90.0 Å². The number of aromatic amines is 1. The molecule has 4 aromatic rings. The molecule has 170 valence electrons. The van der Waals surface area contributed by atoms with Crippen LogP contribution < -0.4 is 5.32 Å². The van der Waals surface area contributed by atoms with Crippen molar-refractivity contribution in [1.82, 2.24) is 9.97 Å². The van der Waals surface area contributed by atoms with Crippen LogP contribution in [0.5, 0.6) is 5.75 Å². The van der Waals surface area contributed by atoms with Gasteiger partial charge >= 0.3 is 0 Å². The van der Waals surface area contributed by atoms with E-state index < -0.39 is 17.5 Å². The third-order valence-corrected chi connectivity index (χ3v) is 5.07. The summed E-state index contributed by atoms with van der Waals surface area (Å²) in [4.78, 5) is 19.9. The summed E-state index contributed by atoms with van der Waals surface area (Å²) in [5.74, 6) is -1.06. The molecule has 0 aliphatic rings. The first kappa shape index (κ1) is 23.7. The molecular formula is C27H28FN3O2. The zero-order valence-corrected chi connectivity index (χ0v) is 19.0. The molecule has 1 heterocycles. The van der Waals surface area contributed by atoms with Crippen LogP contribution in [-0.4, -0.2) is 21.0 Å². The molecule has 1 aromatic heterocycles. The molecule has 33 heavy (non-hydrogen) atoms. The number of carbonyl (C=O) groups excluding carboxylic acids is 1. The smallest absolute Gasteiger partial charge is 0.262 e. The number of aromatic nitrogens is 2. The fourth-order valence-corrected chi connectivity index (χ4v) is 3.57. The topological polar surface area (TPSA) is 78.0 Å². The molecule has 5 nitrogen and oxygen atoms in total. The van der Waals surface area contributed by atoms with Crippen LogP contribution in [0.2, 0.25) is 0 Å². The Kier molecular flexibility index (Phi) is 7.97. The number of carbonyl (C=O) groups is 1. The minimum Gasteiger partial charge on any atom is -0.507 e. The lowest BCUT2D eigenvalue weighted by molar-refractivity contribution is 0.102. The molecule has 0 aliphatic heterocycles. The first-order valence-electron chi connectivity index (χ1n) is 11.1. The van der Waals surface area contributed by atoms with Gasteiger partial charge in [0, 0.05) is 23.6 Å². The van der Waals surface area contributed by atoms with Gasteiger partial charge in [-0.15, -0.1) is 0 Å². The number of imidazole rings is 1. The second-order valence-corrected chi connectivity index (χ2v) is 7.23. The van der Waals surface area contributed by atoms with Crippen LogP contribution in [0.15, 0.2) is 73.1 Å². The van der Waals surface area contributed by atoms with Crippen LogP contribution in [0.3, 0.4) is 0 Å². The number of rotatable bonds is 6. The molecule has 0 bridgehead atoms. The fraction of sp³-hybridized carbons (Fsp3) is 0.185. The van der Waals surface area contributed by atoms with Gasteiger partial charge in [-0.2, -0.15) is 0 Å². The van der Waals surface area contributed by atoms with E-state index in [0.717, 1.165) is 41.4 Å². The minimum absolute atomic E-state index is 0.372. The van der Waals surface area contributed by atoms with E-state index in [9.17, 15) is 14.3 Å². The average Bonchev–Trinajstić information content (AvgIpc) is 3.36. The Bertz CT molecular complexity index is 1180. The maximum atomic E-state index is 13.9. The Morgan fingerprint density at radius 2 is 1.79 bits per heavy atom. The molecule has 4 rings (SSSR count). The highest BCUT2D eigenvalue weighted by Crippen LogP contribution is 2.30. The fourth-order valence-electron chi connectivity index (χ4n) is 3.57. The van der Waals surface area contributed by atoms with E-state index in [4.69, 9.17) is 0 Å². The molecule has 0 atom stereocenters. The van der Waals surface area contributed by atoms with Gasteiger partial charge in [0.1, 0.15) is 23.0 Å². The number of hydrogen-bond donors (Lipinski definition) is 3. The lowest BCUT2D eigenvalue weighted by Gasteiger charge is -2.13. The number of nitrogens with zero attached hydrogens (tertiary/aromatic N) is 1. The third-order valence-electron chi connectivity index (χ3n) is 5.07. The molecule has 3 aromatic carbocycles. The van der Waals surface area contributed by atoms with Gasteiger partial charge in [-0.1, -0.05) is 57.5 Å². The van der Waals surface area contributed by atoms with Crippen molar-refractivity contribution >= 4 is 11.6 Å². The summed E-state index contributed by atoms with van der Waals surface area (Å²) < 4.78 is 13.9. The minimum atomic E-state index is -0.770. The number of anilines is 1. The zero-order chi connectivity index (χ0) is 23.8. The molecule has 1 amide bonds. The molecule has 0 fully saturated rings. The maximum Gasteiger partial charge on any atom is 0.262 e. The monoisotopic (exact) mass is 445 g/mol. The summed E-state index contributed by atoms with van der Waals surface area (Å²) in [5, 5.41) is 12.4. The Morgan fingerprint density at radius 1 is 1.06 bits per heavy atom. The molecule has 3 N–H and O–H groups in total. The Hall–Kier alpha value is -3.93. The second-order valence-electron chi connectivity index (χ2n) is 7.23. The quantitative estimate of drug-likeness (QED) is 0.305. The normalized spacial score (nSPS) is 10.3. The number of nitrogens with one attached hydrogen (secondary N) is 2. The summed E-state index contributed by atoms with van der Waals surface area (Å²) in [5.41, 5.74) is 4.46. The SMILES string of the molecule is CC.CCCc1ccc(-c2ncc[nH]2)cc1-c1ccc(NC(=O)c2c(O)cccc2F)cc1. The highest BCUT2D eigenvalue weighted by Gasteiger charge is 2.17. The van der Waals surface area contributed by atoms with Crippen molar-refractivity contribution in [3.63, 3.8) is 0 Å². The van der Waals surface area contributed by atoms with Crippen molar-refractivity contribution in [2.45, 2.75) is 33.6 Å². The first-order valence-corrected chi connectivity index (χ1v) is 11.1. The van der Waals surface area contributed by atoms with E-state index >= 15 is 0 Å². The Balaban J connectivity index is 0.00000149. The number of hydrogen-bond acceptors (Lipinski definition) is 3. The van der Waals surface area contributed by atoms with Gasteiger partial charge in [0.05, 0.1) is 0 Å². The molecular weight excluding hydrogens is 417 g/mol. The number of aryl methyl sites for hydroxylation is 1. The molecule has 0 aliphatic carbocycles. The van der Waals surface area contributed by atoms with Crippen LogP contribution in [0.4, 0.5) is 10.1 Å². The van der Waals surface area contributed by atoms with E-state index in [1.165, 1.54) is 17.7 Å². The van der Waals surface area contributed by atoms with Gasteiger partial charge in [-0.05, 0) is 53.4 Å². The van der Waals surface area contributed by atoms with Crippen LogP contribution in [0, 0.1) is 5.82 Å². The number of H-pyrrole nitrogens is 1. The number of phenols is 1. The van der Waals surface area contributed by atoms with Gasteiger partial charge in [0.15, 0.2) is 0 Å². The van der Waals surface area contributed by atoms with E-state index in [1.807, 2.05) is 26.0 Å². The number of amides is 1. The van der Waals surface area contributed by atoms with Crippen molar-refractivity contribution in [3.8, 4) is 28.3 Å². The van der Waals surface area contributed by atoms with E-state index in [0.29, 0.717) is 5.69 Å². The van der Waals surface area contributed by atoms with Crippen molar-refractivity contribution in [1.29, 1.82) is 0 Å². The van der Waals surface area contributed by atoms with Crippen molar-refractivity contribution in [2.75, 3.05) is 5.32 Å². The second kappa shape index (κ2) is 11.1. The van der Waals surface area contributed by atoms with Crippen LogP contribution in [0.1, 0.15) is 43.1 Å². The average molecular weight is 446 g/mol. The maximum absolute atomic E-state index is 13.9. The molecule has 0 saturated heterocycles. The molecule has 0 saturated carbocycles. The zero-order valence-electron chi connectivity index (χ0n) is 19.0. The molecule has 0 unspecified atom stereocenters. The molecule has 0 radical (unpaired) electrons. The summed E-state index contributed by atoms with van der Waals surface area (Å²) in [6, 6.07) is 17.4. The Morgan fingerprint density at radius 3 is 2.42 bits per heavy atom. The summed E-state index contributed by atoms with van der Waals surface area (Å²) in [6.45, 7) is 6.14.